The molecule has 1 atom stereocenters. The Labute approximate surface area is 110 Å². The SMILES string of the molecule is Cc1cc(CC(NN)C2C(C)(C)C2(C)C)n(C)n1. The van der Waals surface area contributed by atoms with Crippen molar-refractivity contribution in [2.24, 2.45) is 29.6 Å². The van der Waals surface area contributed by atoms with Crippen molar-refractivity contribution in [3.8, 4) is 0 Å². The van der Waals surface area contributed by atoms with Gasteiger partial charge in [0.15, 0.2) is 0 Å². The van der Waals surface area contributed by atoms with Crippen molar-refractivity contribution in [2.75, 3.05) is 0 Å². The maximum Gasteiger partial charge on any atom is 0.0596 e. The molecule has 102 valence electrons. The predicted molar refractivity (Wildman–Crippen MR) is 73.8 cm³/mol. The van der Waals surface area contributed by atoms with Crippen LogP contribution in [0.1, 0.15) is 39.1 Å². The third-order valence-corrected chi connectivity index (χ3v) is 5.28. The van der Waals surface area contributed by atoms with Gasteiger partial charge in [-0.15, -0.1) is 0 Å². The largest absolute Gasteiger partial charge is 0.272 e. The van der Waals surface area contributed by atoms with Gasteiger partial charge in [0.05, 0.1) is 5.69 Å². The number of aromatic nitrogens is 2. The van der Waals surface area contributed by atoms with E-state index in [1.807, 2.05) is 18.7 Å². The summed E-state index contributed by atoms with van der Waals surface area (Å²) in [5.41, 5.74) is 6.02. The van der Waals surface area contributed by atoms with Crippen molar-refractivity contribution in [1.29, 1.82) is 0 Å². The van der Waals surface area contributed by atoms with Crippen molar-refractivity contribution < 1.29 is 0 Å². The predicted octanol–water partition coefficient (Wildman–Crippen LogP) is 1.79. The highest BCUT2D eigenvalue weighted by molar-refractivity contribution is 5.19. The maximum absolute atomic E-state index is 5.78. The normalized spacial score (nSPS) is 23.1. The van der Waals surface area contributed by atoms with E-state index in [1.54, 1.807) is 0 Å². The number of nitrogens with one attached hydrogen (secondary N) is 1. The van der Waals surface area contributed by atoms with E-state index in [4.69, 9.17) is 5.84 Å². The van der Waals surface area contributed by atoms with Gasteiger partial charge in [0.2, 0.25) is 0 Å². The highest BCUT2D eigenvalue weighted by atomic mass is 15.3. The van der Waals surface area contributed by atoms with Crippen LogP contribution in [0.2, 0.25) is 0 Å². The molecule has 2 rings (SSSR count). The van der Waals surface area contributed by atoms with E-state index in [0.717, 1.165) is 12.1 Å². The summed E-state index contributed by atoms with van der Waals surface area (Å²) in [5, 5.41) is 4.40. The smallest absolute Gasteiger partial charge is 0.0596 e. The molecule has 1 aromatic rings. The number of hydrogen-bond donors (Lipinski definition) is 2. The minimum Gasteiger partial charge on any atom is -0.272 e. The van der Waals surface area contributed by atoms with Gasteiger partial charge in [-0.2, -0.15) is 5.10 Å². The molecule has 4 heteroatoms. The topological polar surface area (TPSA) is 55.9 Å². The van der Waals surface area contributed by atoms with Crippen molar-refractivity contribution in [2.45, 2.75) is 47.1 Å². The second-order valence-corrected chi connectivity index (χ2v) is 6.80. The molecule has 1 aromatic heterocycles. The number of rotatable bonds is 4. The zero-order valence-electron chi connectivity index (χ0n) is 12.4. The van der Waals surface area contributed by atoms with Crippen LogP contribution in [0.15, 0.2) is 6.07 Å². The van der Waals surface area contributed by atoms with Gasteiger partial charge in [0.1, 0.15) is 0 Å². The van der Waals surface area contributed by atoms with Gasteiger partial charge in [-0.25, -0.2) is 0 Å². The first kappa shape index (κ1) is 13.6. The van der Waals surface area contributed by atoms with Crippen LogP contribution < -0.4 is 11.3 Å². The summed E-state index contributed by atoms with van der Waals surface area (Å²) in [6, 6.07) is 2.46. The average molecular weight is 250 g/mol. The second kappa shape index (κ2) is 4.07. The molecule has 0 bridgehead atoms. The Bertz CT molecular complexity index is 431. The van der Waals surface area contributed by atoms with Gasteiger partial charge < -0.3 is 0 Å². The Morgan fingerprint density at radius 2 is 1.94 bits per heavy atom. The number of nitrogens with zero attached hydrogens (tertiary/aromatic N) is 2. The van der Waals surface area contributed by atoms with E-state index in [1.165, 1.54) is 5.69 Å². The van der Waals surface area contributed by atoms with E-state index < -0.39 is 0 Å². The molecular formula is C14H26N4. The fourth-order valence-electron chi connectivity index (χ4n) is 3.61. The second-order valence-electron chi connectivity index (χ2n) is 6.80. The summed E-state index contributed by atoms with van der Waals surface area (Å²) < 4.78 is 1.96. The molecule has 1 saturated carbocycles. The Balaban J connectivity index is 2.15. The lowest BCUT2D eigenvalue weighted by Crippen LogP contribution is -2.40. The molecule has 3 N–H and O–H groups in total. The van der Waals surface area contributed by atoms with Gasteiger partial charge in [-0.05, 0) is 29.7 Å². The highest BCUT2D eigenvalue weighted by Crippen LogP contribution is 2.69. The van der Waals surface area contributed by atoms with Crippen molar-refractivity contribution in [3.05, 3.63) is 17.5 Å². The molecule has 1 aliphatic rings. The molecule has 0 spiro atoms. The van der Waals surface area contributed by atoms with Crippen LogP contribution in [0.25, 0.3) is 0 Å². The van der Waals surface area contributed by atoms with Crippen LogP contribution in [0, 0.1) is 23.7 Å². The molecule has 0 radical (unpaired) electrons. The third kappa shape index (κ3) is 1.88. The fourth-order valence-corrected chi connectivity index (χ4v) is 3.61. The standard InChI is InChI=1S/C14H26N4/c1-9-7-10(18(6)17-9)8-11(16-15)12-13(2,3)14(12,4)5/h7,11-12,16H,8,15H2,1-6H3. The minimum absolute atomic E-state index is 0.310. The van der Waals surface area contributed by atoms with E-state index in [-0.39, 0.29) is 0 Å². The summed E-state index contributed by atoms with van der Waals surface area (Å²) in [7, 11) is 2.00. The summed E-state index contributed by atoms with van der Waals surface area (Å²) in [5.74, 6) is 6.38. The molecule has 18 heavy (non-hydrogen) atoms. The van der Waals surface area contributed by atoms with Crippen LogP contribution in [0.5, 0.6) is 0 Å². The van der Waals surface area contributed by atoms with Crippen LogP contribution >= 0.6 is 0 Å². The zero-order chi connectivity index (χ0) is 13.7. The van der Waals surface area contributed by atoms with Crippen LogP contribution in [-0.4, -0.2) is 15.8 Å². The molecule has 1 unspecified atom stereocenters. The number of hydrogen-bond acceptors (Lipinski definition) is 3. The lowest BCUT2D eigenvalue weighted by Gasteiger charge is -2.18. The molecule has 0 aromatic carbocycles. The molecule has 0 saturated heterocycles. The molecular weight excluding hydrogens is 224 g/mol. The minimum atomic E-state index is 0.310. The Morgan fingerprint density at radius 1 is 1.39 bits per heavy atom. The maximum atomic E-state index is 5.78. The number of aryl methyl sites for hydroxylation is 2. The molecule has 4 nitrogen and oxygen atoms in total. The third-order valence-electron chi connectivity index (χ3n) is 5.28. The quantitative estimate of drug-likeness (QED) is 0.632. The first-order valence-electron chi connectivity index (χ1n) is 6.67. The molecule has 1 fully saturated rings. The van der Waals surface area contributed by atoms with Crippen molar-refractivity contribution in [1.82, 2.24) is 15.2 Å². The van der Waals surface area contributed by atoms with Gasteiger partial charge in [-0.3, -0.25) is 16.0 Å². The Kier molecular flexibility index (Phi) is 3.06. The van der Waals surface area contributed by atoms with E-state index in [2.05, 4.69) is 44.3 Å². The molecule has 0 amide bonds. The van der Waals surface area contributed by atoms with Gasteiger partial charge >= 0.3 is 0 Å². The molecule has 0 aliphatic heterocycles. The Hall–Kier alpha value is -0.870. The Morgan fingerprint density at radius 3 is 2.28 bits per heavy atom. The average Bonchev–Trinajstić information content (AvgIpc) is 2.52. The summed E-state index contributed by atoms with van der Waals surface area (Å²) in [6.45, 7) is 11.3. The van der Waals surface area contributed by atoms with Crippen molar-refractivity contribution >= 4 is 0 Å². The highest BCUT2D eigenvalue weighted by Gasteiger charge is 2.66. The van der Waals surface area contributed by atoms with E-state index in [9.17, 15) is 0 Å². The van der Waals surface area contributed by atoms with Crippen LogP contribution in [0.4, 0.5) is 0 Å². The fraction of sp³-hybridized carbons (Fsp3) is 0.786. The summed E-state index contributed by atoms with van der Waals surface area (Å²) >= 11 is 0. The monoisotopic (exact) mass is 250 g/mol. The van der Waals surface area contributed by atoms with Gasteiger partial charge in [0, 0.05) is 25.2 Å². The summed E-state index contributed by atoms with van der Waals surface area (Å²) in [4.78, 5) is 0. The van der Waals surface area contributed by atoms with Crippen LogP contribution in [-0.2, 0) is 13.5 Å². The lowest BCUT2D eigenvalue weighted by atomic mass is 10.00. The van der Waals surface area contributed by atoms with Crippen LogP contribution in [0.3, 0.4) is 0 Å². The van der Waals surface area contributed by atoms with E-state index >= 15 is 0 Å². The zero-order valence-corrected chi connectivity index (χ0v) is 12.4. The first-order chi connectivity index (χ1) is 8.21. The summed E-state index contributed by atoms with van der Waals surface area (Å²) in [6.07, 6.45) is 0.936. The number of nitrogens with two attached hydrogens (primary N) is 1. The molecule has 1 aliphatic carbocycles. The van der Waals surface area contributed by atoms with Crippen molar-refractivity contribution in [3.63, 3.8) is 0 Å². The van der Waals surface area contributed by atoms with E-state index in [0.29, 0.717) is 22.8 Å². The van der Waals surface area contributed by atoms with Gasteiger partial charge in [-0.1, -0.05) is 27.7 Å². The lowest BCUT2D eigenvalue weighted by molar-refractivity contribution is 0.395. The molecule has 1 heterocycles. The first-order valence-corrected chi connectivity index (χ1v) is 6.67. The van der Waals surface area contributed by atoms with Gasteiger partial charge in [0.25, 0.3) is 0 Å². The number of hydrazine groups is 1.